The monoisotopic (exact) mass is 463 g/mol. The molecule has 0 radical (unpaired) electrons. The number of hydrogen-bond acceptors (Lipinski definition) is 7. The van der Waals surface area contributed by atoms with E-state index in [0.29, 0.717) is 49.2 Å². The fraction of sp³-hybridized carbons (Fsp3) is 0.308. The van der Waals surface area contributed by atoms with Crippen LogP contribution in [-0.4, -0.2) is 68.7 Å². The zero-order chi connectivity index (χ0) is 23.8. The normalized spacial score (nSPS) is 14.4. The molecule has 1 aliphatic rings. The Hall–Kier alpha value is -3.62. The summed E-state index contributed by atoms with van der Waals surface area (Å²) < 4.78 is 16.3. The van der Waals surface area contributed by atoms with E-state index in [1.54, 1.807) is 25.3 Å². The first-order chi connectivity index (χ1) is 16.6. The molecule has 0 saturated carbocycles. The Kier molecular flexibility index (Phi) is 7.95. The van der Waals surface area contributed by atoms with Crippen molar-refractivity contribution in [1.82, 2.24) is 10.3 Å². The lowest BCUT2D eigenvalue weighted by molar-refractivity contribution is 0.0842. The highest BCUT2D eigenvalue weighted by molar-refractivity contribution is 5.99. The van der Waals surface area contributed by atoms with E-state index in [-0.39, 0.29) is 19.1 Å². The van der Waals surface area contributed by atoms with E-state index in [9.17, 15) is 9.90 Å². The number of carbonyl (C=O) groups excluding carboxylic acids is 1. The molecular weight excluding hydrogens is 434 g/mol. The van der Waals surface area contributed by atoms with Crippen LogP contribution in [0, 0.1) is 0 Å². The van der Waals surface area contributed by atoms with Crippen molar-refractivity contribution < 1.29 is 24.1 Å². The minimum absolute atomic E-state index is 0.0367. The van der Waals surface area contributed by atoms with Crippen LogP contribution in [-0.2, 0) is 4.74 Å². The number of benzene rings is 2. The predicted octanol–water partition coefficient (Wildman–Crippen LogP) is 2.76. The molecule has 1 aliphatic heterocycles. The average molecular weight is 464 g/mol. The summed E-state index contributed by atoms with van der Waals surface area (Å²) in [5.41, 5.74) is 2.24. The molecule has 178 valence electrons. The molecule has 34 heavy (non-hydrogen) atoms. The van der Waals surface area contributed by atoms with E-state index in [1.807, 2.05) is 48.5 Å². The van der Waals surface area contributed by atoms with Gasteiger partial charge in [0.1, 0.15) is 30.0 Å². The van der Waals surface area contributed by atoms with Crippen LogP contribution in [0.25, 0.3) is 11.3 Å². The lowest BCUT2D eigenvalue weighted by Gasteiger charge is -2.29. The van der Waals surface area contributed by atoms with E-state index in [2.05, 4.69) is 10.2 Å². The molecule has 1 unspecified atom stereocenters. The zero-order valence-corrected chi connectivity index (χ0v) is 19.1. The summed E-state index contributed by atoms with van der Waals surface area (Å²) in [6.07, 6.45) is -0.876. The van der Waals surface area contributed by atoms with Gasteiger partial charge in [-0.2, -0.15) is 0 Å². The largest absolute Gasteiger partial charge is 0.497 e. The van der Waals surface area contributed by atoms with Gasteiger partial charge >= 0.3 is 0 Å². The SMILES string of the molecule is COc1cccc(OCC(O)CNC(=O)c2ccc(-c3ccccc3)nc2N2CCOCC2)c1. The fourth-order valence-electron chi connectivity index (χ4n) is 3.66. The number of morpholine rings is 1. The van der Waals surface area contributed by atoms with Crippen molar-refractivity contribution in [2.75, 3.05) is 51.5 Å². The molecule has 8 nitrogen and oxygen atoms in total. The van der Waals surface area contributed by atoms with Gasteiger partial charge in [0.15, 0.2) is 0 Å². The quantitative estimate of drug-likeness (QED) is 0.504. The minimum atomic E-state index is -0.876. The summed E-state index contributed by atoms with van der Waals surface area (Å²) in [6, 6.07) is 20.6. The Morgan fingerprint density at radius 3 is 2.62 bits per heavy atom. The first-order valence-corrected chi connectivity index (χ1v) is 11.3. The molecule has 1 atom stereocenters. The van der Waals surface area contributed by atoms with Gasteiger partial charge in [0.2, 0.25) is 0 Å². The summed E-state index contributed by atoms with van der Waals surface area (Å²) in [5.74, 6) is 1.57. The lowest BCUT2D eigenvalue weighted by atomic mass is 10.1. The Bertz CT molecular complexity index is 1090. The molecule has 8 heteroatoms. The number of anilines is 1. The topological polar surface area (TPSA) is 93.1 Å². The van der Waals surface area contributed by atoms with Gasteiger partial charge in [-0.05, 0) is 24.3 Å². The Morgan fingerprint density at radius 2 is 1.85 bits per heavy atom. The highest BCUT2D eigenvalue weighted by Gasteiger charge is 2.22. The predicted molar refractivity (Wildman–Crippen MR) is 130 cm³/mol. The molecule has 1 saturated heterocycles. The Labute approximate surface area is 199 Å². The van der Waals surface area contributed by atoms with Crippen LogP contribution < -0.4 is 19.7 Å². The van der Waals surface area contributed by atoms with Crippen LogP contribution in [0.1, 0.15) is 10.4 Å². The summed E-state index contributed by atoms with van der Waals surface area (Å²) >= 11 is 0. The molecule has 1 aromatic heterocycles. The molecule has 2 N–H and O–H groups in total. The van der Waals surface area contributed by atoms with Gasteiger partial charge < -0.3 is 29.5 Å². The number of nitrogens with zero attached hydrogens (tertiary/aromatic N) is 2. The average Bonchev–Trinajstić information content (AvgIpc) is 2.91. The van der Waals surface area contributed by atoms with Gasteiger partial charge in [-0.3, -0.25) is 4.79 Å². The number of hydrogen-bond donors (Lipinski definition) is 2. The summed E-state index contributed by atoms with van der Waals surface area (Å²) in [5, 5.41) is 13.1. The fourth-order valence-corrected chi connectivity index (χ4v) is 3.66. The first-order valence-electron chi connectivity index (χ1n) is 11.3. The smallest absolute Gasteiger partial charge is 0.255 e. The maximum absolute atomic E-state index is 13.0. The van der Waals surface area contributed by atoms with Gasteiger partial charge in [0.05, 0.1) is 31.6 Å². The summed E-state index contributed by atoms with van der Waals surface area (Å²) in [4.78, 5) is 19.9. The first kappa shape index (κ1) is 23.5. The third-order valence-corrected chi connectivity index (χ3v) is 5.48. The molecule has 0 bridgehead atoms. The van der Waals surface area contributed by atoms with E-state index in [0.717, 1.165) is 11.3 Å². The van der Waals surface area contributed by atoms with Crippen LogP contribution in [0.3, 0.4) is 0 Å². The molecular formula is C26H29N3O5. The maximum Gasteiger partial charge on any atom is 0.255 e. The van der Waals surface area contributed by atoms with Gasteiger partial charge in [0.25, 0.3) is 5.91 Å². The summed E-state index contributed by atoms with van der Waals surface area (Å²) in [7, 11) is 1.58. The number of aromatic nitrogens is 1. The number of ether oxygens (including phenoxy) is 3. The molecule has 1 amide bonds. The van der Waals surface area contributed by atoms with Crippen molar-refractivity contribution in [1.29, 1.82) is 0 Å². The van der Waals surface area contributed by atoms with Crippen molar-refractivity contribution in [3.05, 3.63) is 72.3 Å². The second-order valence-electron chi connectivity index (χ2n) is 7.89. The van der Waals surface area contributed by atoms with E-state index in [4.69, 9.17) is 19.2 Å². The molecule has 2 aromatic carbocycles. The zero-order valence-electron chi connectivity index (χ0n) is 19.1. The number of amides is 1. The highest BCUT2D eigenvalue weighted by Crippen LogP contribution is 2.25. The van der Waals surface area contributed by atoms with Crippen molar-refractivity contribution >= 4 is 11.7 Å². The molecule has 1 fully saturated rings. The molecule has 4 rings (SSSR count). The Morgan fingerprint density at radius 1 is 1.09 bits per heavy atom. The third-order valence-electron chi connectivity index (χ3n) is 5.48. The molecule has 0 spiro atoms. The third kappa shape index (κ3) is 6.03. The second kappa shape index (κ2) is 11.5. The van der Waals surface area contributed by atoms with Crippen molar-refractivity contribution in [3.63, 3.8) is 0 Å². The highest BCUT2D eigenvalue weighted by atomic mass is 16.5. The van der Waals surface area contributed by atoms with Crippen LogP contribution in [0.4, 0.5) is 5.82 Å². The number of nitrogens with one attached hydrogen (secondary N) is 1. The summed E-state index contributed by atoms with van der Waals surface area (Å²) in [6.45, 7) is 2.56. The Balaban J connectivity index is 1.42. The van der Waals surface area contributed by atoms with Crippen LogP contribution in [0.15, 0.2) is 66.7 Å². The van der Waals surface area contributed by atoms with Crippen molar-refractivity contribution in [2.45, 2.75) is 6.10 Å². The molecule has 3 aromatic rings. The van der Waals surface area contributed by atoms with Crippen LogP contribution >= 0.6 is 0 Å². The number of pyridine rings is 1. The molecule has 0 aliphatic carbocycles. The lowest BCUT2D eigenvalue weighted by Crippen LogP contribution is -2.40. The number of aliphatic hydroxyl groups is 1. The van der Waals surface area contributed by atoms with Gasteiger partial charge in [0, 0.05) is 31.3 Å². The standard InChI is InChI=1S/C26H29N3O5/c1-32-21-8-5-9-22(16-21)34-18-20(30)17-27-26(31)23-10-11-24(19-6-3-2-4-7-19)28-25(23)29-12-14-33-15-13-29/h2-11,16,20,30H,12-15,17-18H2,1H3,(H,27,31). The van der Waals surface area contributed by atoms with Crippen molar-refractivity contribution in [2.24, 2.45) is 0 Å². The van der Waals surface area contributed by atoms with Crippen molar-refractivity contribution in [3.8, 4) is 22.8 Å². The van der Waals surface area contributed by atoms with Crippen LogP contribution in [0.2, 0.25) is 0 Å². The number of carbonyl (C=O) groups is 1. The maximum atomic E-state index is 13.0. The number of methoxy groups -OCH3 is 1. The minimum Gasteiger partial charge on any atom is -0.497 e. The van der Waals surface area contributed by atoms with E-state index >= 15 is 0 Å². The van der Waals surface area contributed by atoms with E-state index in [1.165, 1.54) is 0 Å². The van der Waals surface area contributed by atoms with Gasteiger partial charge in [-0.15, -0.1) is 0 Å². The molecule has 2 heterocycles. The second-order valence-corrected chi connectivity index (χ2v) is 7.89. The van der Waals surface area contributed by atoms with Gasteiger partial charge in [-0.1, -0.05) is 36.4 Å². The number of rotatable bonds is 9. The van der Waals surface area contributed by atoms with E-state index < -0.39 is 6.10 Å². The van der Waals surface area contributed by atoms with Gasteiger partial charge in [-0.25, -0.2) is 4.98 Å². The number of aliphatic hydroxyl groups excluding tert-OH is 1. The van der Waals surface area contributed by atoms with Crippen LogP contribution in [0.5, 0.6) is 11.5 Å².